The predicted molar refractivity (Wildman–Crippen MR) is 118 cm³/mol. The molecule has 0 aliphatic carbocycles. The number of hydrogen-bond donors (Lipinski definition) is 2. The maximum atomic E-state index is 12.8. The van der Waals surface area contributed by atoms with E-state index in [0.717, 1.165) is 16.8 Å². The number of hydrogen-bond acceptors (Lipinski definition) is 4. The second-order valence-electron chi connectivity index (χ2n) is 6.82. The standard InChI is InChI=1S/C22H18ClN3O2S/c1-12-6-3-4-9-16(12)24-21(28)19-13(2)18-20(27)25-17(26-22(18)29-19)11-14-7-5-8-15(23)10-14/h3-10H,11H2,1-2H3,(H,24,28)(H,25,26,27). The first-order valence-electron chi connectivity index (χ1n) is 9.06. The van der Waals surface area contributed by atoms with E-state index in [-0.39, 0.29) is 11.5 Å². The van der Waals surface area contributed by atoms with Gasteiger partial charge in [-0.3, -0.25) is 9.59 Å². The van der Waals surface area contributed by atoms with Gasteiger partial charge in [-0.15, -0.1) is 11.3 Å². The summed E-state index contributed by atoms with van der Waals surface area (Å²) in [6, 6.07) is 15.0. The summed E-state index contributed by atoms with van der Waals surface area (Å²) < 4.78 is 0. The quantitative estimate of drug-likeness (QED) is 0.479. The van der Waals surface area contributed by atoms with Gasteiger partial charge in [0, 0.05) is 17.1 Å². The van der Waals surface area contributed by atoms with Crippen LogP contribution in [0.5, 0.6) is 0 Å². The van der Waals surface area contributed by atoms with Crippen LogP contribution in [0.4, 0.5) is 5.69 Å². The number of benzene rings is 2. The fourth-order valence-electron chi connectivity index (χ4n) is 3.22. The molecule has 4 rings (SSSR count). The van der Waals surface area contributed by atoms with Crippen LogP contribution >= 0.6 is 22.9 Å². The fourth-order valence-corrected chi connectivity index (χ4v) is 4.53. The highest BCUT2D eigenvalue weighted by atomic mass is 35.5. The minimum absolute atomic E-state index is 0.240. The van der Waals surface area contributed by atoms with Gasteiger partial charge in [-0.2, -0.15) is 0 Å². The zero-order valence-corrected chi connectivity index (χ0v) is 17.4. The Balaban J connectivity index is 1.69. The van der Waals surface area contributed by atoms with Crippen molar-refractivity contribution in [3.05, 3.63) is 91.3 Å². The van der Waals surface area contributed by atoms with Gasteiger partial charge in [0.15, 0.2) is 0 Å². The molecular weight excluding hydrogens is 406 g/mol. The summed E-state index contributed by atoms with van der Waals surface area (Å²) in [6.45, 7) is 3.71. The third-order valence-corrected chi connectivity index (χ3v) is 6.13. The monoisotopic (exact) mass is 423 g/mol. The van der Waals surface area contributed by atoms with Gasteiger partial charge < -0.3 is 10.3 Å². The van der Waals surface area contributed by atoms with Gasteiger partial charge in [0.05, 0.1) is 10.3 Å². The fraction of sp³-hybridized carbons (Fsp3) is 0.136. The zero-order valence-electron chi connectivity index (χ0n) is 15.9. The molecule has 0 saturated heterocycles. The number of aromatic nitrogens is 2. The van der Waals surface area contributed by atoms with Gasteiger partial charge in [0.1, 0.15) is 10.7 Å². The summed E-state index contributed by atoms with van der Waals surface area (Å²) in [5.41, 5.74) is 3.07. The molecule has 2 aromatic heterocycles. The van der Waals surface area contributed by atoms with E-state index in [9.17, 15) is 9.59 Å². The van der Waals surface area contributed by atoms with E-state index in [1.807, 2.05) is 49.4 Å². The van der Waals surface area contributed by atoms with E-state index in [0.29, 0.717) is 37.9 Å². The molecule has 0 atom stereocenters. The number of carbonyl (C=O) groups is 1. The first-order chi connectivity index (χ1) is 13.9. The lowest BCUT2D eigenvalue weighted by Crippen LogP contribution is -2.14. The molecule has 0 spiro atoms. The van der Waals surface area contributed by atoms with Gasteiger partial charge in [0.2, 0.25) is 0 Å². The number of aromatic amines is 1. The topological polar surface area (TPSA) is 74.8 Å². The number of H-pyrrole nitrogens is 1. The van der Waals surface area contributed by atoms with Crippen molar-refractivity contribution in [2.24, 2.45) is 0 Å². The van der Waals surface area contributed by atoms with Gasteiger partial charge in [-0.1, -0.05) is 41.9 Å². The molecule has 0 radical (unpaired) electrons. The molecule has 0 unspecified atom stereocenters. The SMILES string of the molecule is Cc1ccccc1NC(=O)c1sc2nc(Cc3cccc(Cl)c3)[nH]c(=O)c2c1C. The van der Waals surface area contributed by atoms with Gasteiger partial charge in [-0.25, -0.2) is 4.98 Å². The number of nitrogens with zero attached hydrogens (tertiary/aromatic N) is 1. The van der Waals surface area contributed by atoms with Crippen LogP contribution in [-0.2, 0) is 6.42 Å². The lowest BCUT2D eigenvalue weighted by Gasteiger charge is -2.07. The van der Waals surface area contributed by atoms with Crippen LogP contribution in [0.15, 0.2) is 53.3 Å². The van der Waals surface area contributed by atoms with Crippen LogP contribution in [0.3, 0.4) is 0 Å². The van der Waals surface area contributed by atoms with Gasteiger partial charge in [-0.05, 0) is 48.7 Å². The summed E-state index contributed by atoms with van der Waals surface area (Å²) in [6.07, 6.45) is 0.452. The molecule has 0 aliphatic heterocycles. The molecule has 5 nitrogen and oxygen atoms in total. The minimum Gasteiger partial charge on any atom is -0.321 e. The van der Waals surface area contributed by atoms with E-state index in [2.05, 4.69) is 15.3 Å². The van der Waals surface area contributed by atoms with Crippen LogP contribution in [0.2, 0.25) is 5.02 Å². The summed E-state index contributed by atoms with van der Waals surface area (Å²) in [7, 11) is 0. The highest BCUT2D eigenvalue weighted by molar-refractivity contribution is 7.20. The van der Waals surface area contributed by atoms with Crippen LogP contribution in [0.1, 0.15) is 32.2 Å². The zero-order chi connectivity index (χ0) is 20.5. The lowest BCUT2D eigenvalue weighted by atomic mass is 10.1. The number of nitrogens with one attached hydrogen (secondary N) is 2. The Morgan fingerprint density at radius 2 is 1.97 bits per heavy atom. The number of para-hydroxylation sites is 1. The molecule has 29 heavy (non-hydrogen) atoms. The summed E-state index contributed by atoms with van der Waals surface area (Å²) in [5.74, 6) is 0.299. The smallest absolute Gasteiger partial charge is 0.266 e. The van der Waals surface area contributed by atoms with Crippen molar-refractivity contribution in [3.8, 4) is 0 Å². The van der Waals surface area contributed by atoms with Crippen molar-refractivity contribution >= 4 is 44.7 Å². The molecule has 2 N–H and O–H groups in total. The summed E-state index contributed by atoms with van der Waals surface area (Å²) >= 11 is 7.27. The molecule has 4 aromatic rings. The highest BCUT2D eigenvalue weighted by Gasteiger charge is 2.20. The Bertz CT molecular complexity index is 1290. The van der Waals surface area contributed by atoms with Crippen molar-refractivity contribution in [2.45, 2.75) is 20.3 Å². The van der Waals surface area contributed by atoms with Crippen LogP contribution < -0.4 is 10.9 Å². The van der Waals surface area contributed by atoms with E-state index in [1.165, 1.54) is 11.3 Å². The highest BCUT2D eigenvalue weighted by Crippen LogP contribution is 2.28. The van der Waals surface area contributed by atoms with Crippen LogP contribution in [0.25, 0.3) is 10.2 Å². The largest absolute Gasteiger partial charge is 0.321 e. The Morgan fingerprint density at radius 1 is 1.17 bits per heavy atom. The van der Waals surface area contributed by atoms with Crippen LogP contribution in [-0.4, -0.2) is 15.9 Å². The Labute approximate surface area is 176 Å². The molecule has 2 heterocycles. The maximum Gasteiger partial charge on any atom is 0.266 e. The van der Waals surface area contributed by atoms with E-state index < -0.39 is 0 Å². The van der Waals surface area contributed by atoms with Crippen LogP contribution in [0, 0.1) is 13.8 Å². The number of fused-ring (bicyclic) bond motifs is 1. The second kappa shape index (κ2) is 7.81. The van der Waals surface area contributed by atoms with E-state index >= 15 is 0 Å². The number of carbonyl (C=O) groups excluding carboxylic acids is 1. The van der Waals surface area contributed by atoms with Gasteiger partial charge in [0.25, 0.3) is 11.5 Å². The second-order valence-corrected chi connectivity index (χ2v) is 8.26. The molecule has 0 aliphatic rings. The van der Waals surface area contributed by atoms with Crippen molar-refractivity contribution < 1.29 is 4.79 Å². The van der Waals surface area contributed by atoms with Crippen molar-refractivity contribution in [3.63, 3.8) is 0 Å². The summed E-state index contributed by atoms with van der Waals surface area (Å²) in [4.78, 5) is 34.0. The minimum atomic E-state index is -0.240. The molecule has 2 aromatic carbocycles. The average Bonchev–Trinajstić information content (AvgIpc) is 3.00. The third kappa shape index (κ3) is 3.95. The third-order valence-electron chi connectivity index (χ3n) is 4.71. The molecule has 1 amide bonds. The molecule has 0 bridgehead atoms. The van der Waals surface area contributed by atoms with E-state index in [1.54, 1.807) is 13.0 Å². The first-order valence-corrected chi connectivity index (χ1v) is 10.3. The number of anilines is 1. The first kappa shape index (κ1) is 19.4. The number of thiophene rings is 1. The molecule has 0 saturated carbocycles. The van der Waals surface area contributed by atoms with Crippen molar-refractivity contribution in [2.75, 3.05) is 5.32 Å². The molecule has 0 fully saturated rings. The number of halogens is 1. The normalized spacial score (nSPS) is 11.0. The van der Waals surface area contributed by atoms with Crippen molar-refractivity contribution in [1.82, 2.24) is 9.97 Å². The number of rotatable bonds is 4. The summed E-state index contributed by atoms with van der Waals surface area (Å²) in [5, 5.41) is 4.02. The Hall–Kier alpha value is -2.96. The Kier molecular flexibility index (Phi) is 5.22. The average molecular weight is 424 g/mol. The Morgan fingerprint density at radius 3 is 2.72 bits per heavy atom. The predicted octanol–water partition coefficient (Wildman–Crippen LogP) is 5.10. The maximum absolute atomic E-state index is 12.8. The van der Waals surface area contributed by atoms with Gasteiger partial charge >= 0.3 is 0 Å². The molecular formula is C22H18ClN3O2S. The molecule has 146 valence electrons. The number of amides is 1. The lowest BCUT2D eigenvalue weighted by molar-refractivity contribution is 0.103. The molecule has 7 heteroatoms. The van der Waals surface area contributed by atoms with Crippen molar-refractivity contribution in [1.29, 1.82) is 0 Å². The number of aryl methyl sites for hydroxylation is 2. The van der Waals surface area contributed by atoms with E-state index in [4.69, 9.17) is 11.6 Å².